The standard InChI is InChI=1S/C53H87N13O10/c1-4-5-6-7-11-14-38(67)30-39(68)27-35(15-20-54)47(70)61-40-19-24-59-49(72)45(29-37-31-58-32-60-37)66-51(74)42(18-23-57)62-50(73)41(17-22-56)63-52(75)43(25-33(2)3)65-53(76)44(26-34-12-9-8-10-13-34)64-48(71)36(16-21-55)28-46(40)69/h8-10,12-13,31-33,35-36,38,40-45,67H,4-7,11,14-30,54-57H2,1-3H3,(H,58,60)(H,59,72)(H,61,70)(H,62,73)(H,63,75)(H,64,71)(H,65,76)(H,66,74)/t35-,36+,38+,40-,41-,42-,43-,44+,45-/m0/s1. The van der Waals surface area contributed by atoms with Gasteiger partial charge in [-0.3, -0.25) is 43.2 Å². The predicted octanol–water partition coefficient (Wildman–Crippen LogP) is -0.673. The molecule has 1 aromatic heterocycles. The van der Waals surface area contributed by atoms with Gasteiger partial charge in [0.05, 0.1) is 18.5 Å². The average Bonchev–Trinajstić information content (AvgIpc) is 3.90. The number of nitrogens with zero attached hydrogens (tertiary/aromatic N) is 1. The van der Waals surface area contributed by atoms with Crippen LogP contribution >= 0.6 is 0 Å². The maximum Gasteiger partial charge on any atom is 0.243 e. The van der Waals surface area contributed by atoms with E-state index >= 15 is 0 Å². The van der Waals surface area contributed by atoms with E-state index in [0.717, 1.165) is 32.1 Å². The van der Waals surface area contributed by atoms with Crippen LogP contribution in [0.4, 0.5) is 0 Å². The molecule has 23 heteroatoms. The van der Waals surface area contributed by atoms with Gasteiger partial charge in [-0.05, 0) is 82.6 Å². The molecule has 0 unspecified atom stereocenters. The predicted molar refractivity (Wildman–Crippen MR) is 286 cm³/mol. The highest BCUT2D eigenvalue weighted by Gasteiger charge is 2.36. The number of benzene rings is 1. The number of Topliss-reactive ketones (excluding diaryl/α,β-unsaturated/α-hetero) is 2. The fourth-order valence-corrected chi connectivity index (χ4v) is 9.05. The molecule has 1 aliphatic heterocycles. The number of rotatable bonds is 26. The van der Waals surface area contributed by atoms with Crippen molar-refractivity contribution in [3.05, 3.63) is 54.1 Å². The molecule has 1 aromatic carbocycles. The number of amides is 7. The minimum atomic E-state index is -1.35. The summed E-state index contributed by atoms with van der Waals surface area (Å²) in [6.07, 6.45) is 6.00. The summed E-state index contributed by atoms with van der Waals surface area (Å²) >= 11 is 0. The van der Waals surface area contributed by atoms with E-state index in [0.29, 0.717) is 17.7 Å². The number of H-pyrrole nitrogens is 1. The van der Waals surface area contributed by atoms with E-state index in [1.54, 1.807) is 30.3 Å². The monoisotopic (exact) mass is 1070 g/mol. The topological polar surface area (TPSA) is 391 Å². The lowest BCUT2D eigenvalue weighted by Crippen LogP contribution is -2.60. The van der Waals surface area contributed by atoms with Crippen LogP contribution in [0.2, 0.25) is 0 Å². The molecule has 2 aromatic rings. The van der Waals surface area contributed by atoms with Crippen molar-refractivity contribution in [1.82, 2.24) is 47.2 Å². The molecule has 7 amide bonds. The van der Waals surface area contributed by atoms with Crippen LogP contribution in [0, 0.1) is 17.8 Å². The summed E-state index contributed by atoms with van der Waals surface area (Å²) in [4.78, 5) is 134. The highest BCUT2D eigenvalue weighted by Crippen LogP contribution is 2.19. The van der Waals surface area contributed by atoms with Crippen molar-refractivity contribution in [2.75, 3.05) is 32.7 Å². The van der Waals surface area contributed by atoms with Gasteiger partial charge in [0.1, 0.15) is 36.0 Å². The largest absolute Gasteiger partial charge is 0.393 e. The molecule has 424 valence electrons. The van der Waals surface area contributed by atoms with Crippen LogP contribution in [0.1, 0.15) is 128 Å². The number of unbranched alkanes of at least 4 members (excludes halogenated alkanes) is 4. The van der Waals surface area contributed by atoms with E-state index in [9.17, 15) is 48.3 Å². The van der Waals surface area contributed by atoms with Crippen molar-refractivity contribution in [2.45, 2.75) is 172 Å². The average molecular weight is 1070 g/mol. The molecule has 2 heterocycles. The molecule has 3 rings (SSSR count). The third kappa shape index (κ3) is 23.4. The first kappa shape index (κ1) is 64.1. The van der Waals surface area contributed by atoms with Gasteiger partial charge in [-0.1, -0.05) is 83.2 Å². The number of imidazole rings is 1. The van der Waals surface area contributed by atoms with Crippen LogP contribution in [0.3, 0.4) is 0 Å². The van der Waals surface area contributed by atoms with Gasteiger partial charge in [-0.2, -0.15) is 0 Å². The maximum absolute atomic E-state index is 14.6. The Bertz CT molecular complexity index is 2130. The van der Waals surface area contributed by atoms with E-state index in [4.69, 9.17) is 22.9 Å². The fourth-order valence-electron chi connectivity index (χ4n) is 9.05. The molecule has 0 spiro atoms. The number of aromatic amines is 1. The molecule has 0 saturated carbocycles. The van der Waals surface area contributed by atoms with Crippen molar-refractivity contribution in [3.63, 3.8) is 0 Å². The van der Waals surface area contributed by atoms with Gasteiger partial charge in [0.2, 0.25) is 41.4 Å². The lowest BCUT2D eigenvalue weighted by molar-refractivity contribution is -0.136. The van der Waals surface area contributed by atoms with E-state index in [2.05, 4.69) is 54.1 Å². The van der Waals surface area contributed by atoms with Gasteiger partial charge in [0.15, 0.2) is 5.78 Å². The van der Waals surface area contributed by atoms with E-state index in [-0.39, 0.29) is 109 Å². The third-order valence-electron chi connectivity index (χ3n) is 13.3. The number of nitrogens with two attached hydrogens (primary N) is 4. The Morgan fingerprint density at radius 3 is 1.86 bits per heavy atom. The number of ketones is 2. The minimum absolute atomic E-state index is 0.0208. The Labute approximate surface area is 446 Å². The second-order valence-corrected chi connectivity index (χ2v) is 20.2. The van der Waals surface area contributed by atoms with Crippen LogP contribution in [0.25, 0.3) is 0 Å². The van der Waals surface area contributed by atoms with Crippen LogP contribution in [-0.4, -0.2) is 143 Å². The summed E-state index contributed by atoms with van der Waals surface area (Å²) < 4.78 is 0. The molecule has 0 bridgehead atoms. The van der Waals surface area contributed by atoms with Crippen LogP contribution in [0.15, 0.2) is 42.9 Å². The summed E-state index contributed by atoms with van der Waals surface area (Å²) in [6, 6.07) is 1.08. The Balaban J connectivity index is 2.10. The molecule has 0 radical (unpaired) electrons. The summed E-state index contributed by atoms with van der Waals surface area (Å²) in [5.74, 6) is -8.40. The van der Waals surface area contributed by atoms with Gasteiger partial charge < -0.3 is 70.2 Å². The molecular weight excluding hydrogens is 979 g/mol. The minimum Gasteiger partial charge on any atom is -0.393 e. The molecular formula is C53H87N13O10. The van der Waals surface area contributed by atoms with Gasteiger partial charge in [0, 0.05) is 62.4 Å². The zero-order chi connectivity index (χ0) is 56.0. The molecule has 1 fully saturated rings. The fraction of sp³-hybridized carbons (Fsp3) is 0.660. The first-order valence-corrected chi connectivity index (χ1v) is 27.1. The normalized spacial score (nSPS) is 22.8. The first-order valence-electron chi connectivity index (χ1n) is 27.1. The smallest absolute Gasteiger partial charge is 0.243 e. The zero-order valence-electron chi connectivity index (χ0n) is 44.7. The quantitative estimate of drug-likeness (QED) is 0.0520. The Morgan fingerprint density at radius 1 is 0.684 bits per heavy atom. The van der Waals surface area contributed by atoms with Crippen molar-refractivity contribution < 1.29 is 48.3 Å². The molecule has 0 aliphatic carbocycles. The van der Waals surface area contributed by atoms with Crippen LogP contribution in [-0.2, 0) is 56.0 Å². The number of hydrogen-bond donors (Lipinski definition) is 13. The maximum atomic E-state index is 14.6. The molecule has 9 atom stereocenters. The summed E-state index contributed by atoms with van der Waals surface area (Å²) in [6.45, 7) is 5.36. The number of nitrogens with one attached hydrogen (secondary N) is 8. The van der Waals surface area contributed by atoms with Crippen molar-refractivity contribution in [3.8, 4) is 0 Å². The van der Waals surface area contributed by atoms with Gasteiger partial charge >= 0.3 is 0 Å². The number of carbonyl (C=O) groups is 9. The second kappa shape index (κ2) is 35.2. The van der Waals surface area contributed by atoms with Crippen molar-refractivity contribution in [1.29, 1.82) is 0 Å². The van der Waals surface area contributed by atoms with Crippen molar-refractivity contribution in [2.24, 2.45) is 40.7 Å². The number of aliphatic hydroxyl groups is 1. The molecule has 1 aliphatic rings. The lowest BCUT2D eigenvalue weighted by atomic mass is 9.91. The first-order chi connectivity index (χ1) is 36.4. The number of aromatic nitrogens is 2. The SMILES string of the molecule is CCCCCCC[C@@H](O)CC(=O)C[C@H](CCN)C(=O)N[C@H]1CCNC(=O)[C@H](Cc2cnc[nH]2)NC(=O)[C@H](CCN)NC(=O)[C@H](CCN)NC(=O)[C@H](CC(C)C)NC(=O)[C@@H](Cc2ccccc2)NC(=O)[C@H](CCN)CC1=O. The highest BCUT2D eigenvalue weighted by atomic mass is 16.3. The number of hydrogen-bond acceptors (Lipinski definition) is 15. The zero-order valence-corrected chi connectivity index (χ0v) is 44.7. The molecule has 23 nitrogen and oxygen atoms in total. The van der Waals surface area contributed by atoms with E-state index in [1.807, 2.05) is 13.8 Å². The summed E-state index contributed by atoms with van der Waals surface area (Å²) in [5.41, 5.74) is 24.9. The van der Waals surface area contributed by atoms with Crippen LogP contribution < -0.4 is 60.2 Å². The summed E-state index contributed by atoms with van der Waals surface area (Å²) in [7, 11) is 0. The number of carbonyl (C=O) groups excluding carboxylic acids is 9. The molecule has 76 heavy (non-hydrogen) atoms. The Kier molecular flexibility index (Phi) is 29.7. The van der Waals surface area contributed by atoms with E-state index < -0.39 is 108 Å². The van der Waals surface area contributed by atoms with Gasteiger partial charge in [-0.25, -0.2) is 4.98 Å². The summed E-state index contributed by atoms with van der Waals surface area (Å²) in [5, 5.41) is 29.8. The Hall–Kier alpha value is -6.14. The van der Waals surface area contributed by atoms with Gasteiger partial charge in [-0.15, -0.1) is 0 Å². The van der Waals surface area contributed by atoms with Crippen LogP contribution in [0.5, 0.6) is 0 Å². The molecule has 17 N–H and O–H groups in total. The molecule has 1 saturated heterocycles. The van der Waals surface area contributed by atoms with E-state index in [1.165, 1.54) is 12.5 Å². The van der Waals surface area contributed by atoms with Gasteiger partial charge in [0.25, 0.3) is 0 Å². The number of aliphatic hydroxyl groups excluding tert-OH is 1. The lowest BCUT2D eigenvalue weighted by Gasteiger charge is -2.28. The second-order valence-electron chi connectivity index (χ2n) is 20.2. The third-order valence-corrected chi connectivity index (χ3v) is 13.3. The highest BCUT2D eigenvalue weighted by molar-refractivity contribution is 5.98. The Morgan fingerprint density at radius 2 is 1.26 bits per heavy atom. The van der Waals surface area contributed by atoms with Crippen molar-refractivity contribution >= 4 is 52.9 Å².